The predicted molar refractivity (Wildman–Crippen MR) is 120 cm³/mol. The van der Waals surface area contributed by atoms with Gasteiger partial charge in [0, 0.05) is 18.1 Å². The number of rotatable bonds is 10. The maximum Gasteiger partial charge on any atom is 0.240 e. The van der Waals surface area contributed by atoms with E-state index in [1.807, 2.05) is 42.5 Å². The van der Waals surface area contributed by atoms with Gasteiger partial charge in [0.15, 0.2) is 5.16 Å². The number of hydrogen-bond donors (Lipinski definition) is 3. The van der Waals surface area contributed by atoms with E-state index in [4.69, 9.17) is 11.6 Å². The molecule has 0 bridgehead atoms. The normalized spacial score (nSPS) is 10.6. The van der Waals surface area contributed by atoms with E-state index in [-0.39, 0.29) is 30.7 Å². The van der Waals surface area contributed by atoms with Crippen LogP contribution < -0.4 is 10.6 Å². The second-order valence-corrected chi connectivity index (χ2v) is 8.11. The Morgan fingerprint density at radius 2 is 1.61 bits per heavy atom. The minimum absolute atomic E-state index is 0.00253. The van der Waals surface area contributed by atoms with E-state index < -0.39 is 0 Å². The molecule has 31 heavy (non-hydrogen) atoms. The summed E-state index contributed by atoms with van der Waals surface area (Å²) < 4.78 is 1.62. The van der Waals surface area contributed by atoms with E-state index in [0.29, 0.717) is 29.0 Å². The topological polar surface area (TPSA) is 96.2 Å². The second kappa shape index (κ2) is 11.5. The lowest BCUT2D eigenvalue weighted by atomic mass is 10.2. The summed E-state index contributed by atoms with van der Waals surface area (Å²) in [6.45, 7) is 0.558. The van der Waals surface area contributed by atoms with Gasteiger partial charge >= 0.3 is 0 Å². The van der Waals surface area contributed by atoms with E-state index in [1.165, 1.54) is 18.0 Å². The molecule has 1 aromatic heterocycles. The van der Waals surface area contributed by atoms with Crippen LogP contribution in [0.4, 0.5) is 0 Å². The van der Waals surface area contributed by atoms with Crippen molar-refractivity contribution < 1.29 is 14.7 Å². The van der Waals surface area contributed by atoms with Crippen LogP contribution in [0.5, 0.6) is 0 Å². The lowest BCUT2D eigenvalue weighted by molar-refractivity contribution is -0.122. The number of nitrogens with one attached hydrogen (secondary N) is 2. The molecule has 0 fully saturated rings. The lowest BCUT2D eigenvalue weighted by Gasteiger charge is -2.11. The van der Waals surface area contributed by atoms with E-state index in [1.54, 1.807) is 16.7 Å². The molecule has 0 aliphatic heterocycles. The van der Waals surface area contributed by atoms with Gasteiger partial charge in [-0.15, -0.1) is 0 Å². The van der Waals surface area contributed by atoms with Gasteiger partial charge in [-0.25, -0.2) is 4.98 Å². The number of thioether (sulfide) groups is 1. The second-order valence-electron chi connectivity index (χ2n) is 6.73. The number of carbonyl (C=O) groups is 2. The smallest absolute Gasteiger partial charge is 0.240 e. The third-order valence-electron chi connectivity index (χ3n) is 4.43. The van der Waals surface area contributed by atoms with Crippen LogP contribution in [0.15, 0.2) is 66.0 Å². The van der Waals surface area contributed by atoms with Crippen LogP contribution in [0.2, 0.25) is 5.02 Å². The Balaban J connectivity index is 1.52. The molecule has 9 heteroatoms. The number of benzene rings is 2. The number of amides is 2. The van der Waals surface area contributed by atoms with E-state index in [0.717, 1.165) is 11.1 Å². The SMILES string of the molecule is O=C(CSc1ncc(CO)n1CC(=O)NCc1ccc(Cl)cc1)NCc1ccccc1. The fourth-order valence-electron chi connectivity index (χ4n) is 2.78. The van der Waals surface area contributed by atoms with Crippen LogP contribution in [0.1, 0.15) is 16.8 Å². The summed E-state index contributed by atoms with van der Waals surface area (Å²) in [6.07, 6.45) is 1.51. The molecule has 3 aromatic rings. The zero-order chi connectivity index (χ0) is 22.1. The Hall–Kier alpha value is -2.81. The van der Waals surface area contributed by atoms with E-state index in [9.17, 15) is 14.7 Å². The Kier molecular flexibility index (Phi) is 8.52. The molecule has 0 saturated heterocycles. The number of carbonyl (C=O) groups excluding carboxylic acids is 2. The molecule has 3 N–H and O–H groups in total. The Labute approximate surface area is 189 Å². The van der Waals surface area contributed by atoms with Crippen molar-refractivity contribution in [1.29, 1.82) is 0 Å². The highest BCUT2D eigenvalue weighted by Gasteiger charge is 2.15. The van der Waals surface area contributed by atoms with Crippen molar-refractivity contribution in [2.75, 3.05) is 5.75 Å². The van der Waals surface area contributed by atoms with Crippen LogP contribution in [0.25, 0.3) is 0 Å². The highest BCUT2D eigenvalue weighted by atomic mass is 35.5. The lowest BCUT2D eigenvalue weighted by Crippen LogP contribution is -2.28. The van der Waals surface area contributed by atoms with E-state index in [2.05, 4.69) is 15.6 Å². The summed E-state index contributed by atoms with van der Waals surface area (Å²) in [5, 5.41) is 16.4. The van der Waals surface area contributed by atoms with Crippen molar-refractivity contribution in [3.63, 3.8) is 0 Å². The number of hydrogen-bond acceptors (Lipinski definition) is 5. The van der Waals surface area contributed by atoms with Gasteiger partial charge in [0.1, 0.15) is 6.54 Å². The molecule has 7 nitrogen and oxygen atoms in total. The van der Waals surface area contributed by atoms with Gasteiger partial charge in [-0.3, -0.25) is 9.59 Å². The first-order valence-corrected chi connectivity index (χ1v) is 11.0. The minimum atomic E-state index is -0.252. The van der Waals surface area contributed by atoms with Gasteiger partial charge in [0.05, 0.1) is 24.3 Å². The molecular formula is C22H23ClN4O3S. The highest BCUT2D eigenvalue weighted by molar-refractivity contribution is 7.99. The molecule has 0 saturated carbocycles. The summed E-state index contributed by atoms with van der Waals surface area (Å²) in [5.74, 6) is -0.208. The van der Waals surface area contributed by atoms with Gasteiger partial charge in [0.25, 0.3) is 0 Å². The highest BCUT2D eigenvalue weighted by Crippen LogP contribution is 2.19. The third kappa shape index (κ3) is 7.13. The number of aliphatic hydroxyl groups excluding tert-OH is 1. The average Bonchev–Trinajstić information content (AvgIpc) is 3.18. The van der Waals surface area contributed by atoms with Gasteiger partial charge in [0.2, 0.25) is 11.8 Å². The van der Waals surface area contributed by atoms with Gasteiger partial charge in [-0.1, -0.05) is 65.8 Å². The zero-order valence-corrected chi connectivity index (χ0v) is 18.3. The molecule has 0 aliphatic carbocycles. The molecule has 0 spiro atoms. The van der Waals surface area contributed by atoms with Crippen LogP contribution in [-0.2, 0) is 35.8 Å². The minimum Gasteiger partial charge on any atom is -0.390 e. The number of halogens is 1. The quantitative estimate of drug-likeness (QED) is 0.406. The molecule has 2 aromatic carbocycles. The molecule has 162 valence electrons. The van der Waals surface area contributed by atoms with Crippen molar-refractivity contribution in [1.82, 2.24) is 20.2 Å². The number of nitrogens with zero attached hydrogens (tertiary/aromatic N) is 2. The van der Waals surface area contributed by atoms with Crippen molar-refractivity contribution >= 4 is 35.2 Å². The summed E-state index contributed by atoms with van der Waals surface area (Å²) in [6, 6.07) is 16.9. The third-order valence-corrected chi connectivity index (χ3v) is 5.68. The first-order valence-electron chi connectivity index (χ1n) is 9.65. The van der Waals surface area contributed by atoms with Crippen LogP contribution in [0, 0.1) is 0 Å². The maximum absolute atomic E-state index is 12.4. The Morgan fingerprint density at radius 1 is 0.968 bits per heavy atom. The summed E-state index contributed by atoms with van der Waals surface area (Å²) in [5.41, 5.74) is 2.45. The molecular weight excluding hydrogens is 436 g/mol. The first-order chi connectivity index (χ1) is 15.0. The Bertz CT molecular complexity index is 1010. The zero-order valence-electron chi connectivity index (χ0n) is 16.8. The van der Waals surface area contributed by atoms with Gasteiger partial charge in [-0.2, -0.15) is 0 Å². The summed E-state index contributed by atoms with van der Waals surface area (Å²) in [4.78, 5) is 28.8. The predicted octanol–water partition coefficient (Wildman–Crippen LogP) is 2.75. The van der Waals surface area contributed by atoms with Crippen molar-refractivity contribution in [3.8, 4) is 0 Å². The summed E-state index contributed by atoms with van der Waals surface area (Å²) in [7, 11) is 0. The fourth-order valence-corrected chi connectivity index (χ4v) is 3.74. The average molecular weight is 459 g/mol. The number of aromatic nitrogens is 2. The number of aliphatic hydroxyl groups is 1. The van der Waals surface area contributed by atoms with Crippen LogP contribution in [0.3, 0.4) is 0 Å². The molecule has 1 heterocycles. The van der Waals surface area contributed by atoms with Crippen LogP contribution >= 0.6 is 23.4 Å². The monoisotopic (exact) mass is 458 g/mol. The Morgan fingerprint density at radius 3 is 2.29 bits per heavy atom. The first kappa shape index (κ1) is 22.9. The van der Waals surface area contributed by atoms with Gasteiger partial charge < -0.3 is 20.3 Å². The number of imidazole rings is 1. The van der Waals surface area contributed by atoms with E-state index >= 15 is 0 Å². The molecule has 0 radical (unpaired) electrons. The summed E-state index contributed by atoms with van der Waals surface area (Å²) >= 11 is 7.09. The molecule has 2 amide bonds. The molecule has 3 rings (SSSR count). The van der Waals surface area contributed by atoms with Crippen molar-refractivity contribution in [2.24, 2.45) is 0 Å². The molecule has 0 unspecified atom stereocenters. The maximum atomic E-state index is 12.4. The van der Waals surface area contributed by atoms with Gasteiger partial charge in [-0.05, 0) is 23.3 Å². The standard InChI is InChI=1S/C22H23ClN4O3S/c23-18-8-6-17(7-9-18)11-24-20(29)13-27-19(14-28)12-26-22(27)31-15-21(30)25-10-16-4-2-1-3-5-16/h1-9,12,28H,10-11,13-15H2,(H,24,29)(H,25,30). The molecule has 0 aliphatic rings. The van der Waals surface area contributed by atoms with Crippen LogP contribution in [-0.4, -0.2) is 32.2 Å². The van der Waals surface area contributed by atoms with Crippen molar-refractivity contribution in [3.05, 3.63) is 82.6 Å². The largest absolute Gasteiger partial charge is 0.390 e. The fraction of sp³-hybridized carbons (Fsp3) is 0.227. The van der Waals surface area contributed by atoms with Crippen molar-refractivity contribution in [2.45, 2.75) is 31.4 Å². The molecule has 0 atom stereocenters.